The lowest BCUT2D eigenvalue weighted by molar-refractivity contribution is -0.137. The van der Waals surface area contributed by atoms with Gasteiger partial charge in [0.05, 0.1) is 18.0 Å². The van der Waals surface area contributed by atoms with E-state index in [-0.39, 0.29) is 23.3 Å². The molecule has 0 aliphatic carbocycles. The lowest BCUT2D eigenvalue weighted by Gasteiger charge is -2.40. The molecule has 1 N–H and O–H groups in total. The van der Waals surface area contributed by atoms with Crippen molar-refractivity contribution in [2.45, 2.75) is 18.8 Å². The van der Waals surface area contributed by atoms with Crippen molar-refractivity contribution in [1.82, 2.24) is 24.6 Å². The van der Waals surface area contributed by atoms with Crippen LogP contribution in [0.2, 0.25) is 0 Å². The van der Waals surface area contributed by atoms with Crippen LogP contribution >= 0.6 is 0 Å². The second-order valence-corrected chi connectivity index (χ2v) is 6.53. The SMILES string of the molecule is C[C@@H](C(=O)N1CC(c2nc3c(cnn3C)c(=O)[nH]2)C1)c1ccccc1. The van der Waals surface area contributed by atoms with Crippen molar-refractivity contribution < 1.29 is 4.79 Å². The van der Waals surface area contributed by atoms with E-state index in [2.05, 4.69) is 15.1 Å². The fraction of sp³-hybridized carbons (Fsp3) is 0.333. The highest BCUT2D eigenvalue weighted by atomic mass is 16.2. The summed E-state index contributed by atoms with van der Waals surface area (Å²) in [5.41, 5.74) is 1.40. The summed E-state index contributed by atoms with van der Waals surface area (Å²) in [5, 5.41) is 4.55. The standard InChI is InChI=1S/C18H19N5O2/c1-11(12-6-4-3-5-7-12)18(25)23-9-13(10-23)15-20-16-14(17(24)21-15)8-19-22(16)2/h3-8,11,13H,9-10H2,1-2H3,(H,20,21,24)/t11-/m1/s1. The van der Waals surface area contributed by atoms with Gasteiger partial charge in [0.25, 0.3) is 5.56 Å². The number of aromatic nitrogens is 4. The molecule has 4 rings (SSSR count). The maximum atomic E-state index is 12.6. The monoisotopic (exact) mass is 337 g/mol. The Kier molecular flexibility index (Phi) is 3.63. The van der Waals surface area contributed by atoms with Crippen molar-refractivity contribution >= 4 is 16.9 Å². The van der Waals surface area contributed by atoms with Crippen LogP contribution in [0.15, 0.2) is 41.3 Å². The van der Waals surface area contributed by atoms with Crippen LogP contribution in [0.5, 0.6) is 0 Å². The predicted octanol–water partition coefficient (Wildman–Crippen LogP) is 1.39. The Bertz CT molecular complexity index is 986. The first-order chi connectivity index (χ1) is 12.0. The van der Waals surface area contributed by atoms with E-state index in [0.717, 1.165) is 5.56 Å². The molecule has 0 saturated carbocycles. The molecule has 0 unspecified atom stereocenters. The van der Waals surface area contributed by atoms with Crippen LogP contribution in [0.25, 0.3) is 11.0 Å². The van der Waals surface area contributed by atoms with Gasteiger partial charge in [0.1, 0.15) is 11.2 Å². The zero-order valence-corrected chi connectivity index (χ0v) is 14.1. The van der Waals surface area contributed by atoms with E-state index in [1.165, 1.54) is 6.20 Å². The summed E-state index contributed by atoms with van der Waals surface area (Å²) in [6, 6.07) is 9.76. The summed E-state index contributed by atoms with van der Waals surface area (Å²) in [4.78, 5) is 33.9. The van der Waals surface area contributed by atoms with E-state index in [4.69, 9.17) is 0 Å². The number of rotatable bonds is 3. The molecule has 0 bridgehead atoms. The number of nitrogens with zero attached hydrogens (tertiary/aromatic N) is 4. The summed E-state index contributed by atoms with van der Waals surface area (Å²) in [7, 11) is 1.76. The highest BCUT2D eigenvalue weighted by Gasteiger charge is 2.35. The number of carbonyl (C=O) groups excluding carboxylic acids is 1. The van der Waals surface area contributed by atoms with Gasteiger partial charge in [0.2, 0.25) is 5.91 Å². The summed E-state index contributed by atoms with van der Waals surface area (Å²) < 4.78 is 1.59. The van der Waals surface area contributed by atoms with Gasteiger partial charge < -0.3 is 9.88 Å². The number of amides is 1. The maximum absolute atomic E-state index is 12.6. The van der Waals surface area contributed by atoms with Crippen molar-refractivity contribution in [3.63, 3.8) is 0 Å². The third-order valence-electron chi connectivity index (χ3n) is 4.87. The highest BCUT2D eigenvalue weighted by Crippen LogP contribution is 2.28. The molecule has 1 fully saturated rings. The van der Waals surface area contributed by atoms with Gasteiger partial charge in [-0.05, 0) is 12.5 Å². The fourth-order valence-electron chi connectivity index (χ4n) is 3.23. The first-order valence-corrected chi connectivity index (χ1v) is 8.30. The van der Waals surface area contributed by atoms with Gasteiger partial charge in [-0.15, -0.1) is 0 Å². The third-order valence-corrected chi connectivity index (χ3v) is 4.87. The van der Waals surface area contributed by atoms with Gasteiger partial charge >= 0.3 is 0 Å². The quantitative estimate of drug-likeness (QED) is 0.783. The van der Waals surface area contributed by atoms with Crippen molar-refractivity contribution in [3.8, 4) is 0 Å². The number of aryl methyl sites for hydroxylation is 1. The Hall–Kier alpha value is -2.96. The zero-order chi connectivity index (χ0) is 17.6. The summed E-state index contributed by atoms with van der Waals surface area (Å²) in [6.45, 7) is 3.07. The van der Waals surface area contributed by atoms with E-state index in [9.17, 15) is 9.59 Å². The number of benzene rings is 1. The van der Waals surface area contributed by atoms with Crippen LogP contribution in [0, 0.1) is 0 Å². The van der Waals surface area contributed by atoms with Gasteiger partial charge in [-0.2, -0.15) is 5.10 Å². The van der Waals surface area contributed by atoms with Crippen molar-refractivity contribution in [3.05, 3.63) is 58.3 Å². The molecule has 1 aliphatic rings. The fourth-order valence-corrected chi connectivity index (χ4v) is 3.23. The molecule has 7 nitrogen and oxygen atoms in total. The van der Waals surface area contributed by atoms with Crippen LogP contribution in [0.3, 0.4) is 0 Å². The molecular weight excluding hydrogens is 318 g/mol. The lowest BCUT2D eigenvalue weighted by Crippen LogP contribution is -2.50. The average Bonchev–Trinajstić information content (AvgIpc) is 2.95. The number of nitrogens with one attached hydrogen (secondary N) is 1. The zero-order valence-electron chi connectivity index (χ0n) is 14.1. The number of likely N-dealkylation sites (tertiary alicyclic amines) is 1. The second-order valence-electron chi connectivity index (χ2n) is 6.53. The third kappa shape index (κ3) is 2.61. The normalized spacial score (nSPS) is 16.0. The second kappa shape index (κ2) is 5.84. The van der Waals surface area contributed by atoms with Gasteiger partial charge in [-0.25, -0.2) is 4.98 Å². The van der Waals surface area contributed by atoms with E-state index >= 15 is 0 Å². The molecule has 7 heteroatoms. The first kappa shape index (κ1) is 15.6. The summed E-state index contributed by atoms with van der Waals surface area (Å²) >= 11 is 0. The van der Waals surface area contributed by atoms with E-state index in [1.807, 2.05) is 42.2 Å². The van der Waals surface area contributed by atoms with E-state index in [1.54, 1.807) is 11.7 Å². The first-order valence-electron chi connectivity index (χ1n) is 8.30. The Balaban J connectivity index is 1.49. The van der Waals surface area contributed by atoms with Crippen LogP contribution in [-0.4, -0.2) is 43.6 Å². The number of H-pyrrole nitrogens is 1. The smallest absolute Gasteiger partial charge is 0.262 e. The van der Waals surface area contributed by atoms with Crippen LogP contribution in [-0.2, 0) is 11.8 Å². The topological polar surface area (TPSA) is 83.9 Å². The Morgan fingerprint density at radius 2 is 2.00 bits per heavy atom. The van der Waals surface area contributed by atoms with Gasteiger partial charge in [-0.3, -0.25) is 14.3 Å². The molecule has 0 radical (unpaired) electrons. The summed E-state index contributed by atoms with van der Waals surface area (Å²) in [6.07, 6.45) is 1.52. The lowest BCUT2D eigenvalue weighted by atomic mass is 9.93. The van der Waals surface area contributed by atoms with Gasteiger partial charge in [0.15, 0.2) is 5.65 Å². The molecule has 128 valence electrons. The molecule has 1 aromatic carbocycles. The van der Waals surface area contributed by atoms with Crippen molar-refractivity contribution in [2.75, 3.05) is 13.1 Å². The van der Waals surface area contributed by atoms with Crippen molar-refractivity contribution in [2.24, 2.45) is 7.05 Å². The minimum atomic E-state index is -0.185. The highest BCUT2D eigenvalue weighted by molar-refractivity contribution is 5.84. The molecule has 1 saturated heterocycles. The van der Waals surface area contributed by atoms with Crippen LogP contribution < -0.4 is 5.56 Å². The van der Waals surface area contributed by atoms with E-state index < -0.39 is 0 Å². The molecule has 2 aromatic heterocycles. The number of fused-ring (bicyclic) bond motifs is 1. The van der Waals surface area contributed by atoms with Crippen LogP contribution in [0.4, 0.5) is 0 Å². The Morgan fingerprint density at radius 3 is 2.72 bits per heavy atom. The maximum Gasteiger partial charge on any atom is 0.262 e. The molecule has 1 amide bonds. The predicted molar refractivity (Wildman–Crippen MR) is 93.3 cm³/mol. The number of carbonyl (C=O) groups is 1. The number of hydrogen-bond donors (Lipinski definition) is 1. The van der Waals surface area contributed by atoms with Crippen molar-refractivity contribution in [1.29, 1.82) is 0 Å². The molecule has 25 heavy (non-hydrogen) atoms. The van der Waals surface area contributed by atoms with Gasteiger partial charge in [0, 0.05) is 20.1 Å². The van der Waals surface area contributed by atoms with Crippen LogP contribution in [0.1, 0.15) is 30.1 Å². The van der Waals surface area contributed by atoms with Gasteiger partial charge in [-0.1, -0.05) is 30.3 Å². The number of hydrogen-bond acceptors (Lipinski definition) is 4. The summed E-state index contributed by atoms with van der Waals surface area (Å²) in [5.74, 6) is 0.608. The minimum absolute atomic E-state index is 0.0546. The number of aromatic amines is 1. The minimum Gasteiger partial charge on any atom is -0.341 e. The molecule has 1 atom stereocenters. The molecule has 1 aliphatic heterocycles. The Morgan fingerprint density at radius 1 is 1.28 bits per heavy atom. The van der Waals surface area contributed by atoms with E-state index in [0.29, 0.717) is 29.9 Å². The molecule has 0 spiro atoms. The molecule has 3 heterocycles. The Labute approximate surface area is 144 Å². The average molecular weight is 337 g/mol. The molecule has 3 aromatic rings. The molecular formula is C18H19N5O2. The largest absolute Gasteiger partial charge is 0.341 e.